The topological polar surface area (TPSA) is 74.3 Å². The van der Waals surface area contributed by atoms with Gasteiger partial charge < -0.3 is 15.5 Å². The lowest BCUT2D eigenvalue weighted by Gasteiger charge is -2.36. The molecule has 0 bridgehead atoms. The first-order valence-corrected chi connectivity index (χ1v) is 13.9. The van der Waals surface area contributed by atoms with E-state index in [9.17, 15) is 9.59 Å². The van der Waals surface area contributed by atoms with E-state index in [2.05, 4.69) is 69.0 Å². The van der Waals surface area contributed by atoms with Gasteiger partial charge in [0, 0.05) is 49.1 Å². The molecule has 1 aromatic heterocycles. The molecule has 1 saturated carbocycles. The van der Waals surface area contributed by atoms with Crippen molar-refractivity contribution in [3.05, 3.63) is 108 Å². The third-order valence-electron chi connectivity index (χ3n) is 7.83. The lowest BCUT2D eigenvalue weighted by atomic mass is 9.69. The van der Waals surface area contributed by atoms with Crippen LogP contribution in [0.1, 0.15) is 48.0 Å². The van der Waals surface area contributed by atoms with Crippen LogP contribution in [0.25, 0.3) is 11.1 Å². The highest BCUT2D eigenvalue weighted by Gasteiger charge is 2.39. The second kappa shape index (κ2) is 12.2. The molecule has 0 aliphatic heterocycles. The van der Waals surface area contributed by atoms with E-state index in [-0.39, 0.29) is 11.8 Å². The molecule has 2 N–H and O–H groups in total. The van der Waals surface area contributed by atoms with Crippen molar-refractivity contribution in [1.82, 2.24) is 4.98 Å². The van der Waals surface area contributed by atoms with Gasteiger partial charge in [0.2, 0.25) is 5.91 Å². The number of anilines is 3. The molecule has 0 saturated heterocycles. The van der Waals surface area contributed by atoms with Crippen LogP contribution in [0.4, 0.5) is 17.1 Å². The van der Waals surface area contributed by atoms with Gasteiger partial charge in [0.25, 0.3) is 5.91 Å². The molecule has 6 heteroatoms. The van der Waals surface area contributed by atoms with E-state index in [1.54, 1.807) is 42.7 Å². The highest BCUT2D eigenvalue weighted by Crippen LogP contribution is 2.41. The molecule has 6 nitrogen and oxygen atoms in total. The van der Waals surface area contributed by atoms with Gasteiger partial charge in [0.15, 0.2) is 0 Å². The van der Waals surface area contributed by atoms with Crippen LogP contribution in [0.5, 0.6) is 0 Å². The van der Waals surface area contributed by atoms with Gasteiger partial charge >= 0.3 is 0 Å². The van der Waals surface area contributed by atoms with Crippen molar-refractivity contribution in [2.24, 2.45) is 5.41 Å². The standard InChI is InChI=1S/C34H36N4O2/c1-38(2)31-15-13-27(14-16-31)26-11-9-25(10-12-26)24-34(19-4-3-5-20-34)33(40)37-30-8-6-7-28(23-30)32(39)36-29-17-21-35-22-18-29/h6-18,21-23H,3-5,19-20,24H2,1-2H3,(H,37,40)(H,35,36,39). The van der Waals surface area contributed by atoms with E-state index in [1.165, 1.54) is 11.3 Å². The second-order valence-corrected chi connectivity index (χ2v) is 10.9. The van der Waals surface area contributed by atoms with Gasteiger partial charge in [0.1, 0.15) is 0 Å². The number of rotatable bonds is 8. The average molecular weight is 533 g/mol. The molecule has 0 atom stereocenters. The van der Waals surface area contributed by atoms with E-state index in [0.29, 0.717) is 23.4 Å². The Hall–Kier alpha value is -4.45. The predicted octanol–water partition coefficient (Wildman–Crippen LogP) is 7.20. The number of nitrogens with one attached hydrogen (secondary N) is 2. The summed E-state index contributed by atoms with van der Waals surface area (Å²) in [7, 11) is 4.08. The summed E-state index contributed by atoms with van der Waals surface area (Å²) in [4.78, 5) is 32.7. The summed E-state index contributed by atoms with van der Waals surface area (Å²) in [6.45, 7) is 0. The van der Waals surface area contributed by atoms with Crippen LogP contribution in [0.3, 0.4) is 0 Å². The van der Waals surface area contributed by atoms with E-state index < -0.39 is 5.41 Å². The fourth-order valence-corrected chi connectivity index (χ4v) is 5.51. The molecule has 0 radical (unpaired) electrons. The molecule has 1 heterocycles. The van der Waals surface area contributed by atoms with Gasteiger partial charge in [-0.05, 0) is 78.4 Å². The lowest BCUT2D eigenvalue weighted by Crippen LogP contribution is -2.40. The van der Waals surface area contributed by atoms with Gasteiger partial charge in [-0.25, -0.2) is 0 Å². The molecule has 1 aliphatic carbocycles. The first-order valence-electron chi connectivity index (χ1n) is 13.9. The fourth-order valence-electron chi connectivity index (χ4n) is 5.51. The van der Waals surface area contributed by atoms with E-state index in [1.807, 2.05) is 20.2 Å². The first-order chi connectivity index (χ1) is 19.4. The molecule has 4 aromatic rings. The third kappa shape index (κ3) is 6.40. The zero-order valence-electron chi connectivity index (χ0n) is 23.2. The van der Waals surface area contributed by atoms with Crippen LogP contribution in [-0.2, 0) is 11.2 Å². The molecule has 1 aliphatic rings. The molecular weight excluding hydrogens is 496 g/mol. The van der Waals surface area contributed by atoms with Crippen LogP contribution in [0.2, 0.25) is 0 Å². The SMILES string of the molecule is CN(C)c1ccc(-c2ccc(CC3(C(=O)Nc4cccc(C(=O)Nc5ccncc5)c4)CCCCC3)cc2)cc1. The van der Waals surface area contributed by atoms with E-state index in [0.717, 1.165) is 43.2 Å². The monoisotopic (exact) mass is 532 g/mol. The van der Waals surface area contributed by atoms with Crippen molar-refractivity contribution in [2.75, 3.05) is 29.6 Å². The van der Waals surface area contributed by atoms with Crippen LogP contribution >= 0.6 is 0 Å². The molecule has 204 valence electrons. The normalized spacial score (nSPS) is 14.2. The van der Waals surface area contributed by atoms with Gasteiger partial charge in [-0.15, -0.1) is 0 Å². The number of carbonyl (C=O) groups excluding carboxylic acids is 2. The van der Waals surface area contributed by atoms with Crippen LogP contribution in [0.15, 0.2) is 97.3 Å². The average Bonchev–Trinajstić information content (AvgIpc) is 2.99. The summed E-state index contributed by atoms with van der Waals surface area (Å²) in [6.07, 6.45) is 8.90. The Kier molecular flexibility index (Phi) is 8.25. The smallest absolute Gasteiger partial charge is 0.255 e. The number of benzene rings is 3. The van der Waals surface area contributed by atoms with Gasteiger partial charge in [0.05, 0.1) is 5.41 Å². The Bertz CT molecular complexity index is 1440. The molecule has 3 aromatic carbocycles. The number of carbonyl (C=O) groups is 2. The second-order valence-electron chi connectivity index (χ2n) is 10.9. The van der Waals surface area contributed by atoms with Crippen molar-refractivity contribution < 1.29 is 9.59 Å². The number of hydrogen-bond donors (Lipinski definition) is 2. The number of pyridine rings is 1. The molecule has 0 unspecified atom stereocenters. The first kappa shape index (κ1) is 27.1. The Balaban J connectivity index is 1.29. The number of aromatic nitrogens is 1. The van der Waals surface area contributed by atoms with Crippen molar-refractivity contribution in [1.29, 1.82) is 0 Å². The van der Waals surface area contributed by atoms with Crippen molar-refractivity contribution >= 4 is 28.9 Å². The Labute approximate surface area is 236 Å². The molecule has 1 fully saturated rings. The zero-order valence-corrected chi connectivity index (χ0v) is 23.2. The molecule has 40 heavy (non-hydrogen) atoms. The summed E-state index contributed by atoms with van der Waals surface area (Å²) in [5, 5.41) is 6.02. The van der Waals surface area contributed by atoms with Crippen LogP contribution in [-0.4, -0.2) is 30.9 Å². The summed E-state index contributed by atoms with van der Waals surface area (Å²) in [5.74, 6) is -0.201. The summed E-state index contributed by atoms with van der Waals surface area (Å²) >= 11 is 0. The Morgan fingerprint density at radius 3 is 2.08 bits per heavy atom. The Morgan fingerprint density at radius 1 is 0.775 bits per heavy atom. The Morgan fingerprint density at radius 2 is 1.43 bits per heavy atom. The fraction of sp³-hybridized carbons (Fsp3) is 0.265. The maximum Gasteiger partial charge on any atom is 0.255 e. The molecule has 2 amide bonds. The quantitative estimate of drug-likeness (QED) is 0.252. The van der Waals surface area contributed by atoms with Gasteiger partial charge in [-0.2, -0.15) is 0 Å². The maximum atomic E-state index is 13.8. The molecule has 0 spiro atoms. The number of hydrogen-bond acceptors (Lipinski definition) is 4. The van der Waals surface area contributed by atoms with E-state index >= 15 is 0 Å². The van der Waals surface area contributed by atoms with Crippen LogP contribution < -0.4 is 15.5 Å². The highest BCUT2D eigenvalue weighted by atomic mass is 16.2. The van der Waals surface area contributed by atoms with Crippen molar-refractivity contribution in [3.63, 3.8) is 0 Å². The minimum absolute atomic E-state index is 0.0299. The van der Waals surface area contributed by atoms with Gasteiger partial charge in [-0.3, -0.25) is 14.6 Å². The number of amides is 2. The molecule has 5 rings (SSSR count). The van der Waals surface area contributed by atoms with Crippen LogP contribution in [0, 0.1) is 5.41 Å². The van der Waals surface area contributed by atoms with E-state index in [4.69, 9.17) is 0 Å². The van der Waals surface area contributed by atoms with Crippen molar-refractivity contribution in [2.45, 2.75) is 38.5 Å². The third-order valence-corrected chi connectivity index (χ3v) is 7.83. The number of nitrogens with zero attached hydrogens (tertiary/aromatic N) is 2. The molecular formula is C34H36N4O2. The summed E-state index contributed by atoms with van der Waals surface area (Å²) < 4.78 is 0. The van der Waals surface area contributed by atoms with Crippen molar-refractivity contribution in [3.8, 4) is 11.1 Å². The zero-order chi connectivity index (χ0) is 28.0. The summed E-state index contributed by atoms with van der Waals surface area (Å²) in [6, 6.07) is 27.8. The highest BCUT2D eigenvalue weighted by molar-refractivity contribution is 6.05. The minimum atomic E-state index is -0.470. The predicted molar refractivity (Wildman–Crippen MR) is 163 cm³/mol. The maximum absolute atomic E-state index is 13.8. The largest absolute Gasteiger partial charge is 0.378 e. The lowest BCUT2D eigenvalue weighted by molar-refractivity contribution is -0.127. The van der Waals surface area contributed by atoms with Gasteiger partial charge in [-0.1, -0.05) is 61.7 Å². The summed E-state index contributed by atoms with van der Waals surface area (Å²) in [5.41, 5.74) is 6.00. The minimum Gasteiger partial charge on any atom is -0.378 e.